The fraction of sp³-hybridized carbons (Fsp3) is 0.538. The van der Waals surface area contributed by atoms with E-state index in [0.717, 1.165) is 10.8 Å². The maximum Gasteiger partial charge on any atom is 0.351 e. The minimum Gasteiger partial charge on any atom is -0.391 e. The van der Waals surface area contributed by atoms with Gasteiger partial charge in [0.05, 0.1) is 6.10 Å². The van der Waals surface area contributed by atoms with Gasteiger partial charge in [-0.15, -0.1) is 0 Å². The van der Waals surface area contributed by atoms with E-state index >= 15 is 4.39 Å². The summed E-state index contributed by atoms with van der Waals surface area (Å²) in [5.41, 5.74) is 1.64. The molecule has 120 valence electrons. The van der Waals surface area contributed by atoms with Gasteiger partial charge in [0.25, 0.3) is 0 Å². The van der Waals surface area contributed by atoms with Crippen LogP contribution < -0.4 is 11.4 Å². The molecular weight excluding hydrogens is 300 g/mol. The van der Waals surface area contributed by atoms with E-state index in [2.05, 4.69) is 4.98 Å². The van der Waals surface area contributed by atoms with Crippen LogP contribution in [0.5, 0.6) is 0 Å². The summed E-state index contributed by atoms with van der Waals surface area (Å²) in [6.07, 6.45) is -5.02. The third kappa shape index (κ3) is 2.68. The molecular formula is C13H15F2N3O4. The smallest absolute Gasteiger partial charge is 0.351 e. The summed E-state index contributed by atoms with van der Waals surface area (Å²) < 4.78 is 33.3. The number of aliphatic hydroxyl groups is 2. The van der Waals surface area contributed by atoms with E-state index in [1.165, 1.54) is 13.0 Å². The van der Waals surface area contributed by atoms with Crippen molar-refractivity contribution in [3.8, 4) is 11.8 Å². The van der Waals surface area contributed by atoms with E-state index in [1.807, 2.05) is 11.8 Å². The monoisotopic (exact) mass is 315 g/mol. The SMILES string of the molecule is C[C@@H](O)[C@H]1O[C@@H](n2ccc(N)nc2=O)[C@@](F)(C#CCF)C1O. The predicted octanol–water partition coefficient (Wildman–Crippen LogP) is -0.854. The molecule has 0 amide bonds. The summed E-state index contributed by atoms with van der Waals surface area (Å²) in [5.74, 6) is 3.74. The van der Waals surface area contributed by atoms with Crippen LogP contribution in [-0.4, -0.2) is 50.4 Å². The zero-order valence-electron chi connectivity index (χ0n) is 11.6. The Labute approximate surface area is 124 Å². The van der Waals surface area contributed by atoms with Gasteiger partial charge in [0, 0.05) is 6.20 Å². The Hall–Kier alpha value is -2.02. The molecule has 0 spiro atoms. The number of alkyl halides is 2. The Morgan fingerprint density at radius 1 is 1.68 bits per heavy atom. The first-order valence-corrected chi connectivity index (χ1v) is 6.42. The number of nitrogens with zero attached hydrogens (tertiary/aromatic N) is 2. The van der Waals surface area contributed by atoms with Gasteiger partial charge in [-0.3, -0.25) is 4.57 Å². The van der Waals surface area contributed by atoms with Crippen LogP contribution in [0.2, 0.25) is 0 Å². The highest BCUT2D eigenvalue weighted by Gasteiger charge is 2.59. The fourth-order valence-electron chi connectivity index (χ4n) is 2.26. The van der Waals surface area contributed by atoms with Crippen molar-refractivity contribution in [3.05, 3.63) is 22.7 Å². The maximum absolute atomic E-state index is 15.1. The average molecular weight is 315 g/mol. The molecule has 1 unspecified atom stereocenters. The first kappa shape index (κ1) is 16.4. The number of halogens is 2. The number of aliphatic hydroxyl groups excluding tert-OH is 2. The second-order valence-electron chi connectivity index (χ2n) is 4.88. The standard InChI is InChI=1S/C13H15F2N3O4/c1-7(19)9-10(20)13(15,4-2-5-14)11(22-9)18-6-3-8(16)17-12(18)21/h3,6-7,9-11,19-20H,5H2,1H3,(H2,16,17,21)/t7-,9-,10?,11-,13-/m1/s1. The van der Waals surface area contributed by atoms with Crippen molar-refractivity contribution in [1.82, 2.24) is 9.55 Å². The highest BCUT2D eigenvalue weighted by Crippen LogP contribution is 2.41. The number of aromatic nitrogens is 2. The second-order valence-corrected chi connectivity index (χ2v) is 4.88. The Kier molecular flexibility index (Phi) is 4.46. The maximum atomic E-state index is 15.1. The van der Waals surface area contributed by atoms with E-state index in [9.17, 15) is 19.4 Å². The molecule has 7 nitrogen and oxygen atoms in total. The molecule has 1 aliphatic rings. The van der Waals surface area contributed by atoms with E-state index in [0.29, 0.717) is 0 Å². The molecule has 4 N–H and O–H groups in total. The van der Waals surface area contributed by atoms with Crippen LogP contribution in [0.3, 0.4) is 0 Å². The van der Waals surface area contributed by atoms with Crippen molar-refractivity contribution in [3.63, 3.8) is 0 Å². The molecule has 1 aliphatic heterocycles. The Morgan fingerprint density at radius 3 is 2.91 bits per heavy atom. The molecule has 0 aromatic carbocycles. The zero-order valence-corrected chi connectivity index (χ0v) is 11.6. The van der Waals surface area contributed by atoms with Crippen LogP contribution in [-0.2, 0) is 4.74 Å². The number of nitrogen functional groups attached to an aromatic ring is 1. The lowest BCUT2D eigenvalue weighted by molar-refractivity contribution is -0.0802. The Balaban J connectivity index is 2.53. The van der Waals surface area contributed by atoms with Gasteiger partial charge in [-0.25, -0.2) is 13.6 Å². The van der Waals surface area contributed by atoms with Crippen LogP contribution in [0.25, 0.3) is 0 Å². The summed E-state index contributed by atoms with van der Waals surface area (Å²) >= 11 is 0. The normalized spacial score (nSPS) is 32.3. The van der Waals surface area contributed by atoms with E-state index < -0.39 is 42.6 Å². The summed E-state index contributed by atoms with van der Waals surface area (Å²) in [6.45, 7) is 0.141. The second kappa shape index (κ2) is 6.00. The molecule has 1 saturated heterocycles. The summed E-state index contributed by atoms with van der Waals surface area (Å²) in [6, 6.07) is 1.23. The molecule has 1 aromatic rings. The molecule has 2 heterocycles. The van der Waals surface area contributed by atoms with Gasteiger partial charge < -0.3 is 20.7 Å². The third-order valence-corrected chi connectivity index (χ3v) is 3.31. The average Bonchev–Trinajstić information content (AvgIpc) is 2.70. The molecule has 2 rings (SSSR count). The highest BCUT2D eigenvalue weighted by atomic mass is 19.1. The van der Waals surface area contributed by atoms with Gasteiger partial charge in [-0.05, 0) is 13.0 Å². The van der Waals surface area contributed by atoms with Crippen molar-refractivity contribution in [2.75, 3.05) is 12.4 Å². The van der Waals surface area contributed by atoms with Gasteiger partial charge in [-0.1, -0.05) is 11.8 Å². The summed E-state index contributed by atoms with van der Waals surface area (Å²) in [5, 5.41) is 19.6. The van der Waals surface area contributed by atoms with Gasteiger partial charge in [0.1, 0.15) is 24.7 Å². The topological polar surface area (TPSA) is 111 Å². The first-order chi connectivity index (χ1) is 10.3. The van der Waals surface area contributed by atoms with Gasteiger partial charge in [0.2, 0.25) is 5.67 Å². The zero-order chi connectivity index (χ0) is 16.5. The number of ether oxygens (including phenoxy) is 1. The van der Waals surface area contributed by atoms with E-state index in [1.54, 1.807) is 0 Å². The molecule has 22 heavy (non-hydrogen) atoms. The third-order valence-electron chi connectivity index (χ3n) is 3.31. The van der Waals surface area contributed by atoms with Crippen LogP contribution >= 0.6 is 0 Å². The molecule has 0 radical (unpaired) electrons. The van der Waals surface area contributed by atoms with Crippen molar-refractivity contribution in [2.24, 2.45) is 0 Å². The van der Waals surface area contributed by atoms with Crippen molar-refractivity contribution >= 4 is 5.82 Å². The lowest BCUT2D eigenvalue weighted by Gasteiger charge is -2.24. The van der Waals surface area contributed by atoms with Crippen LogP contribution in [0.1, 0.15) is 13.2 Å². The van der Waals surface area contributed by atoms with Crippen LogP contribution in [0.4, 0.5) is 14.6 Å². The minimum atomic E-state index is -2.78. The highest BCUT2D eigenvalue weighted by molar-refractivity contribution is 5.26. The number of rotatable bonds is 2. The molecule has 0 aliphatic carbocycles. The minimum absolute atomic E-state index is 0.0776. The molecule has 0 saturated carbocycles. The molecule has 1 aromatic heterocycles. The van der Waals surface area contributed by atoms with Crippen molar-refractivity contribution < 1.29 is 23.7 Å². The van der Waals surface area contributed by atoms with Crippen LogP contribution in [0, 0.1) is 11.8 Å². The van der Waals surface area contributed by atoms with Gasteiger partial charge in [-0.2, -0.15) is 4.98 Å². The quantitative estimate of drug-likeness (QED) is 0.613. The largest absolute Gasteiger partial charge is 0.391 e. The number of anilines is 1. The summed E-state index contributed by atoms with van der Waals surface area (Å²) in [4.78, 5) is 15.3. The Morgan fingerprint density at radius 2 is 2.36 bits per heavy atom. The first-order valence-electron chi connectivity index (χ1n) is 6.42. The summed E-state index contributed by atoms with van der Waals surface area (Å²) in [7, 11) is 0. The van der Waals surface area contributed by atoms with Crippen molar-refractivity contribution in [2.45, 2.75) is 37.1 Å². The van der Waals surface area contributed by atoms with Crippen molar-refractivity contribution in [1.29, 1.82) is 0 Å². The number of hydrogen-bond acceptors (Lipinski definition) is 6. The number of hydrogen-bond donors (Lipinski definition) is 3. The van der Waals surface area contributed by atoms with E-state index in [4.69, 9.17) is 10.5 Å². The fourth-order valence-corrected chi connectivity index (χ4v) is 2.26. The Bertz CT molecular complexity index is 669. The number of nitrogens with two attached hydrogens (primary N) is 1. The lowest BCUT2D eigenvalue weighted by Crippen LogP contribution is -2.45. The lowest BCUT2D eigenvalue weighted by atomic mass is 9.94. The van der Waals surface area contributed by atoms with Gasteiger partial charge in [0.15, 0.2) is 6.23 Å². The molecule has 0 bridgehead atoms. The van der Waals surface area contributed by atoms with Gasteiger partial charge >= 0.3 is 5.69 Å². The molecule has 9 heteroatoms. The predicted molar refractivity (Wildman–Crippen MR) is 72.1 cm³/mol. The molecule has 5 atom stereocenters. The van der Waals surface area contributed by atoms with E-state index in [-0.39, 0.29) is 5.82 Å². The molecule has 1 fully saturated rings. The van der Waals surface area contributed by atoms with Crippen LogP contribution in [0.15, 0.2) is 17.1 Å².